The van der Waals surface area contributed by atoms with Crippen molar-refractivity contribution < 1.29 is 22.7 Å². The number of carbonyl (C=O) groups excluding carboxylic acids is 2. The van der Waals surface area contributed by atoms with E-state index in [4.69, 9.17) is 27.9 Å². The molecule has 0 aliphatic rings. The highest BCUT2D eigenvalue weighted by molar-refractivity contribution is 7.92. The molecular weight excluding hydrogens is 585 g/mol. The number of methoxy groups -OCH3 is 1. The third-order valence-electron chi connectivity index (χ3n) is 6.21. The Hall–Kier alpha value is -3.27. The van der Waals surface area contributed by atoms with Crippen LogP contribution in [-0.4, -0.2) is 50.4 Å². The number of hydrogen-bond acceptors (Lipinski definition) is 5. The zero-order valence-electron chi connectivity index (χ0n) is 23.7. The summed E-state index contributed by atoms with van der Waals surface area (Å²) in [5.74, 6) is -0.413. The molecule has 11 heteroatoms. The van der Waals surface area contributed by atoms with E-state index in [9.17, 15) is 18.0 Å². The van der Waals surface area contributed by atoms with E-state index >= 15 is 0 Å². The molecule has 3 aromatic carbocycles. The first kappa shape index (κ1) is 32.2. The molecule has 0 aliphatic carbocycles. The quantitative estimate of drug-likeness (QED) is 0.287. The molecule has 3 rings (SSSR count). The number of rotatable bonds is 11. The first-order chi connectivity index (χ1) is 19.3. The number of anilines is 1. The van der Waals surface area contributed by atoms with E-state index in [1.54, 1.807) is 67.6 Å². The van der Waals surface area contributed by atoms with Crippen LogP contribution in [0.1, 0.15) is 39.7 Å². The Balaban J connectivity index is 2.09. The van der Waals surface area contributed by atoms with Gasteiger partial charge in [0.2, 0.25) is 11.8 Å². The highest BCUT2D eigenvalue weighted by Crippen LogP contribution is 2.28. The van der Waals surface area contributed by atoms with Crippen LogP contribution in [0.25, 0.3) is 0 Å². The van der Waals surface area contributed by atoms with Gasteiger partial charge in [0, 0.05) is 22.1 Å². The Kier molecular flexibility index (Phi) is 10.7. The van der Waals surface area contributed by atoms with Crippen LogP contribution >= 0.6 is 23.2 Å². The molecular formula is C30H35Cl2N3O5S. The Morgan fingerprint density at radius 3 is 2.15 bits per heavy atom. The number of nitrogens with zero attached hydrogens (tertiary/aromatic N) is 2. The Morgan fingerprint density at radius 2 is 1.61 bits per heavy atom. The molecule has 0 aliphatic heterocycles. The van der Waals surface area contributed by atoms with Crippen LogP contribution in [0, 0.1) is 0 Å². The van der Waals surface area contributed by atoms with Crippen molar-refractivity contribution in [3.63, 3.8) is 0 Å². The SMILES string of the molecule is CCC(C(=O)NC(C)(C)C)N(Cc1ccc(Cl)cc1Cl)C(=O)CN(c1ccc(OC)cc1)S(=O)(=O)c1ccccc1. The molecule has 2 amide bonds. The monoisotopic (exact) mass is 619 g/mol. The van der Waals surface area contributed by atoms with Gasteiger partial charge in [0.25, 0.3) is 10.0 Å². The highest BCUT2D eigenvalue weighted by Gasteiger charge is 2.34. The lowest BCUT2D eigenvalue weighted by molar-refractivity contribution is -0.141. The van der Waals surface area contributed by atoms with Crippen molar-refractivity contribution in [1.29, 1.82) is 0 Å². The smallest absolute Gasteiger partial charge is 0.264 e. The van der Waals surface area contributed by atoms with Gasteiger partial charge in [0.05, 0.1) is 17.7 Å². The number of nitrogens with one attached hydrogen (secondary N) is 1. The van der Waals surface area contributed by atoms with Gasteiger partial charge in [-0.1, -0.05) is 54.4 Å². The minimum atomic E-state index is -4.17. The Labute approximate surface area is 252 Å². The van der Waals surface area contributed by atoms with E-state index in [1.165, 1.54) is 24.1 Å². The van der Waals surface area contributed by atoms with Crippen molar-refractivity contribution in [3.05, 3.63) is 88.4 Å². The number of benzene rings is 3. The summed E-state index contributed by atoms with van der Waals surface area (Å²) in [6, 6.07) is 18.2. The molecule has 220 valence electrons. The molecule has 0 bridgehead atoms. The second kappa shape index (κ2) is 13.6. The summed E-state index contributed by atoms with van der Waals surface area (Å²) in [5, 5.41) is 3.69. The minimum absolute atomic E-state index is 0.0217. The maximum atomic E-state index is 14.1. The van der Waals surface area contributed by atoms with Gasteiger partial charge >= 0.3 is 0 Å². The fourth-order valence-corrected chi connectivity index (χ4v) is 6.11. The normalized spacial score (nSPS) is 12.4. The third-order valence-corrected chi connectivity index (χ3v) is 8.59. The van der Waals surface area contributed by atoms with Gasteiger partial charge < -0.3 is 15.0 Å². The van der Waals surface area contributed by atoms with Crippen LogP contribution in [-0.2, 0) is 26.2 Å². The summed E-state index contributed by atoms with van der Waals surface area (Å²) in [7, 11) is -2.67. The van der Waals surface area contributed by atoms with Crippen LogP contribution in [0.2, 0.25) is 10.0 Å². The van der Waals surface area contributed by atoms with Crippen molar-refractivity contribution >= 4 is 50.7 Å². The van der Waals surface area contributed by atoms with Crippen molar-refractivity contribution in [3.8, 4) is 5.75 Å². The van der Waals surface area contributed by atoms with Gasteiger partial charge in [-0.2, -0.15) is 0 Å². The van der Waals surface area contributed by atoms with E-state index < -0.39 is 34.1 Å². The Bertz CT molecular complexity index is 1460. The highest BCUT2D eigenvalue weighted by atomic mass is 35.5. The topological polar surface area (TPSA) is 96.0 Å². The number of hydrogen-bond donors (Lipinski definition) is 1. The van der Waals surface area contributed by atoms with Crippen molar-refractivity contribution in [1.82, 2.24) is 10.2 Å². The molecule has 1 atom stereocenters. The predicted molar refractivity (Wildman–Crippen MR) is 163 cm³/mol. The molecule has 0 fully saturated rings. The molecule has 41 heavy (non-hydrogen) atoms. The lowest BCUT2D eigenvalue weighted by Gasteiger charge is -2.35. The molecule has 8 nitrogen and oxygen atoms in total. The molecule has 0 aromatic heterocycles. The van der Waals surface area contributed by atoms with E-state index in [1.807, 2.05) is 20.8 Å². The third kappa shape index (κ3) is 8.38. The molecule has 0 spiro atoms. The second-order valence-corrected chi connectivity index (χ2v) is 13.1. The molecule has 1 N–H and O–H groups in total. The van der Waals surface area contributed by atoms with E-state index in [0.717, 1.165) is 4.31 Å². The maximum Gasteiger partial charge on any atom is 0.264 e. The first-order valence-corrected chi connectivity index (χ1v) is 15.2. The van der Waals surface area contributed by atoms with Crippen LogP contribution in [0.4, 0.5) is 5.69 Å². The lowest BCUT2D eigenvalue weighted by Crippen LogP contribution is -2.55. The predicted octanol–water partition coefficient (Wildman–Crippen LogP) is 5.92. The second-order valence-electron chi connectivity index (χ2n) is 10.4. The van der Waals surface area contributed by atoms with Crippen LogP contribution in [0.3, 0.4) is 0 Å². The fraction of sp³-hybridized carbons (Fsp3) is 0.333. The largest absolute Gasteiger partial charge is 0.497 e. The van der Waals surface area contributed by atoms with Crippen LogP contribution in [0.5, 0.6) is 5.75 Å². The summed E-state index contributed by atoms with van der Waals surface area (Å²) in [6.07, 6.45) is 0.285. The van der Waals surface area contributed by atoms with Crippen LogP contribution in [0.15, 0.2) is 77.7 Å². The van der Waals surface area contributed by atoms with Gasteiger partial charge in [-0.3, -0.25) is 13.9 Å². The summed E-state index contributed by atoms with van der Waals surface area (Å²) in [6.45, 7) is 6.73. The van der Waals surface area contributed by atoms with Gasteiger partial charge in [-0.05, 0) is 81.3 Å². The van der Waals surface area contributed by atoms with Crippen LogP contribution < -0.4 is 14.4 Å². The molecule has 1 unspecified atom stereocenters. The number of amides is 2. The average molecular weight is 621 g/mol. The van der Waals surface area contributed by atoms with E-state index in [0.29, 0.717) is 21.4 Å². The van der Waals surface area contributed by atoms with E-state index in [-0.39, 0.29) is 29.5 Å². The lowest BCUT2D eigenvalue weighted by atomic mass is 10.1. The Morgan fingerprint density at radius 1 is 0.976 bits per heavy atom. The first-order valence-electron chi connectivity index (χ1n) is 13.0. The van der Waals surface area contributed by atoms with Crippen molar-refractivity contribution in [2.75, 3.05) is 18.0 Å². The van der Waals surface area contributed by atoms with E-state index in [2.05, 4.69) is 5.32 Å². The minimum Gasteiger partial charge on any atom is -0.497 e. The van der Waals surface area contributed by atoms with Gasteiger partial charge in [-0.25, -0.2) is 8.42 Å². The van der Waals surface area contributed by atoms with Crippen molar-refractivity contribution in [2.45, 2.75) is 57.1 Å². The maximum absolute atomic E-state index is 14.1. The molecule has 0 saturated carbocycles. The summed E-state index contributed by atoms with van der Waals surface area (Å²) < 4.78 is 34.0. The summed E-state index contributed by atoms with van der Waals surface area (Å²) >= 11 is 12.5. The van der Waals surface area contributed by atoms with Gasteiger partial charge in [0.1, 0.15) is 18.3 Å². The zero-order chi connectivity index (χ0) is 30.4. The van der Waals surface area contributed by atoms with Crippen molar-refractivity contribution in [2.24, 2.45) is 0 Å². The molecule has 0 radical (unpaired) electrons. The number of ether oxygens (including phenoxy) is 1. The zero-order valence-corrected chi connectivity index (χ0v) is 26.1. The number of halogens is 2. The molecule has 0 heterocycles. The molecule has 0 saturated heterocycles. The summed E-state index contributed by atoms with van der Waals surface area (Å²) in [4.78, 5) is 28.9. The number of sulfonamides is 1. The molecule has 3 aromatic rings. The average Bonchev–Trinajstić information content (AvgIpc) is 2.92. The fourth-order valence-electron chi connectivity index (χ4n) is 4.20. The number of carbonyl (C=O) groups is 2. The summed E-state index contributed by atoms with van der Waals surface area (Å²) in [5.41, 5.74) is 0.274. The van der Waals surface area contributed by atoms with Gasteiger partial charge in [0.15, 0.2) is 0 Å². The van der Waals surface area contributed by atoms with Gasteiger partial charge in [-0.15, -0.1) is 0 Å². The standard InChI is InChI=1S/C30H35Cl2N3O5S/c1-6-27(29(37)33-30(2,3)4)34(19-21-12-13-22(31)18-26(21)32)28(36)20-35(23-14-16-24(40-5)17-15-23)41(38,39)25-10-8-7-9-11-25/h7-18,27H,6,19-20H2,1-5H3,(H,33,37).